The summed E-state index contributed by atoms with van der Waals surface area (Å²) in [4.78, 5) is 3.26. The first-order chi connectivity index (χ1) is 8.25. The average Bonchev–Trinajstić information content (AvgIpc) is 2.72. The van der Waals surface area contributed by atoms with Gasteiger partial charge in [-0.15, -0.1) is 0 Å². The number of rotatable bonds is 1. The topological polar surface area (TPSA) is 41.8 Å². The Kier molecular flexibility index (Phi) is 2.41. The Bertz CT molecular complexity index is 686. The molecule has 0 fully saturated rings. The van der Waals surface area contributed by atoms with E-state index in [1.165, 1.54) is 5.39 Å². The number of nitrogens with one attached hydrogen (secondary N) is 1. The maximum atomic E-state index is 6.02. The number of aromatic amines is 1. The van der Waals surface area contributed by atoms with Crippen LogP contribution in [0.5, 0.6) is 0 Å². The molecule has 0 aliphatic heterocycles. The van der Waals surface area contributed by atoms with Crippen molar-refractivity contribution in [3.63, 3.8) is 0 Å². The lowest BCUT2D eigenvalue weighted by molar-refractivity contribution is 1.47. The van der Waals surface area contributed by atoms with E-state index in [2.05, 4.69) is 33.0 Å². The van der Waals surface area contributed by atoms with Crippen molar-refractivity contribution in [3.05, 3.63) is 53.1 Å². The van der Waals surface area contributed by atoms with E-state index in [9.17, 15) is 0 Å². The maximum absolute atomic E-state index is 6.02. The molecule has 3 rings (SSSR count). The van der Waals surface area contributed by atoms with Crippen molar-refractivity contribution in [2.45, 2.75) is 0 Å². The molecule has 84 valence electrons. The number of hydrogen-bond acceptors (Lipinski definition) is 1. The second kappa shape index (κ2) is 3.93. The zero-order valence-corrected chi connectivity index (χ0v) is 10.7. The van der Waals surface area contributed by atoms with E-state index in [1.54, 1.807) is 0 Å². The highest BCUT2D eigenvalue weighted by Crippen LogP contribution is 2.33. The van der Waals surface area contributed by atoms with Crippen LogP contribution in [0, 0.1) is 0 Å². The molecule has 2 nitrogen and oxygen atoms in total. The summed E-state index contributed by atoms with van der Waals surface area (Å²) >= 11 is 3.50. The van der Waals surface area contributed by atoms with Crippen LogP contribution in [0.2, 0.25) is 0 Å². The van der Waals surface area contributed by atoms with Crippen molar-refractivity contribution < 1.29 is 0 Å². The lowest BCUT2D eigenvalue weighted by atomic mass is 10.0. The molecule has 0 spiro atoms. The zero-order chi connectivity index (χ0) is 11.8. The molecule has 0 amide bonds. The van der Waals surface area contributed by atoms with Crippen LogP contribution >= 0.6 is 15.9 Å². The predicted octanol–water partition coefficient (Wildman–Crippen LogP) is 4.18. The molecule has 3 heteroatoms. The average molecular weight is 287 g/mol. The highest BCUT2D eigenvalue weighted by atomic mass is 79.9. The molecule has 0 aliphatic rings. The molecule has 0 bridgehead atoms. The monoisotopic (exact) mass is 286 g/mol. The normalized spacial score (nSPS) is 10.9. The number of nitrogens with two attached hydrogens (primary N) is 1. The summed E-state index contributed by atoms with van der Waals surface area (Å²) in [5, 5.41) is 1.18. The van der Waals surface area contributed by atoms with Gasteiger partial charge >= 0.3 is 0 Å². The highest BCUT2D eigenvalue weighted by molar-refractivity contribution is 9.10. The lowest BCUT2D eigenvalue weighted by Gasteiger charge is -2.03. The lowest BCUT2D eigenvalue weighted by Crippen LogP contribution is -1.88. The van der Waals surface area contributed by atoms with Gasteiger partial charge in [-0.2, -0.15) is 0 Å². The summed E-state index contributed by atoms with van der Waals surface area (Å²) in [6.07, 6.45) is 2.00. The van der Waals surface area contributed by atoms with Crippen LogP contribution in [0.3, 0.4) is 0 Å². The second-order valence-corrected chi connectivity index (χ2v) is 4.90. The van der Waals surface area contributed by atoms with Crippen LogP contribution in [0.15, 0.2) is 53.1 Å². The fourth-order valence-electron chi connectivity index (χ4n) is 2.06. The van der Waals surface area contributed by atoms with E-state index in [4.69, 9.17) is 5.73 Å². The smallest absolute Gasteiger partial charge is 0.0461 e. The minimum absolute atomic E-state index is 0.799. The zero-order valence-electron chi connectivity index (χ0n) is 9.07. The number of fused-ring (bicyclic) bond motifs is 1. The fourth-order valence-corrected chi connectivity index (χ4v) is 2.42. The van der Waals surface area contributed by atoms with Crippen LogP contribution in [0.1, 0.15) is 0 Å². The minimum atomic E-state index is 0.799. The molecule has 1 aromatic heterocycles. The third kappa shape index (κ3) is 1.72. The minimum Gasteiger partial charge on any atom is -0.398 e. The van der Waals surface area contributed by atoms with Gasteiger partial charge in [0, 0.05) is 38.4 Å². The van der Waals surface area contributed by atoms with Crippen molar-refractivity contribution in [1.29, 1.82) is 0 Å². The molecule has 17 heavy (non-hydrogen) atoms. The first-order valence-corrected chi connectivity index (χ1v) is 6.16. The third-order valence-electron chi connectivity index (χ3n) is 2.89. The molecular formula is C14H11BrN2. The molecule has 0 saturated heterocycles. The molecule has 0 saturated carbocycles. The Morgan fingerprint density at radius 3 is 2.65 bits per heavy atom. The number of benzene rings is 2. The van der Waals surface area contributed by atoms with Gasteiger partial charge in [-0.3, -0.25) is 0 Å². The van der Waals surface area contributed by atoms with E-state index in [0.717, 1.165) is 26.8 Å². The van der Waals surface area contributed by atoms with Crippen LogP contribution in [-0.4, -0.2) is 4.98 Å². The number of hydrogen-bond donors (Lipinski definition) is 2. The van der Waals surface area contributed by atoms with Gasteiger partial charge in [0.05, 0.1) is 0 Å². The van der Waals surface area contributed by atoms with Crippen LogP contribution in [0.25, 0.3) is 22.0 Å². The van der Waals surface area contributed by atoms with Crippen molar-refractivity contribution >= 4 is 32.5 Å². The SMILES string of the molecule is Nc1ccccc1-c1c[nH]c2ccc(Br)cc12. The number of para-hydroxylation sites is 1. The molecule has 1 heterocycles. The van der Waals surface area contributed by atoms with Gasteiger partial charge in [0.25, 0.3) is 0 Å². The second-order valence-electron chi connectivity index (χ2n) is 3.98. The van der Waals surface area contributed by atoms with Crippen molar-refractivity contribution in [2.75, 3.05) is 5.73 Å². The summed E-state index contributed by atoms with van der Waals surface area (Å²) in [7, 11) is 0. The first-order valence-electron chi connectivity index (χ1n) is 5.37. The largest absolute Gasteiger partial charge is 0.398 e. The quantitative estimate of drug-likeness (QED) is 0.648. The Balaban J connectivity index is 2.31. The Morgan fingerprint density at radius 2 is 1.82 bits per heavy atom. The Morgan fingerprint density at radius 1 is 1.00 bits per heavy atom. The third-order valence-corrected chi connectivity index (χ3v) is 3.39. The van der Waals surface area contributed by atoms with Gasteiger partial charge < -0.3 is 10.7 Å². The number of nitrogen functional groups attached to an aromatic ring is 1. The predicted molar refractivity (Wildman–Crippen MR) is 75.8 cm³/mol. The Labute approximate surface area is 108 Å². The molecule has 0 unspecified atom stereocenters. The van der Waals surface area contributed by atoms with E-state index >= 15 is 0 Å². The molecule has 0 radical (unpaired) electrons. The molecule has 3 N–H and O–H groups in total. The summed E-state index contributed by atoms with van der Waals surface area (Å²) in [5.74, 6) is 0. The molecule has 3 aromatic rings. The fraction of sp³-hybridized carbons (Fsp3) is 0. The van der Waals surface area contributed by atoms with E-state index in [0.29, 0.717) is 0 Å². The summed E-state index contributed by atoms with van der Waals surface area (Å²) in [6.45, 7) is 0. The number of H-pyrrole nitrogens is 1. The summed E-state index contributed by atoms with van der Waals surface area (Å²) < 4.78 is 1.07. The van der Waals surface area contributed by atoms with Gasteiger partial charge in [0.1, 0.15) is 0 Å². The van der Waals surface area contributed by atoms with Gasteiger partial charge in [-0.25, -0.2) is 0 Å². The molecule has 0 aliphatic carbocycles. The van der Waals surface area contributed by atoms with Gasteiger partial charge in [-0.1, -0.05) is 34.1 Å². The number of anilines is 1. The molecule has 2 aromatic carbocycles. The van der Waals surface area contributed by atoms with Crippen LogP contribution in [0.4, 0.5) is 5.69 Å². The van der Waals surface area contributed by atoms with Crippen molar-refractivity contribution in [2.24, 2.45) is 0 Å². The number of halogens is 1. The van der Waals surface area contributed by atoms with E-state index < -0.39 is 0 Å². The standard InChI is InChI=1S/C14H11BrN2/c15-9-5-6-14-11(7-9)12(8-17-14)10-3-1-2-4-13(10)16/h1-8,17H,16H2. The first kappa shape index (κ1) is 10.4. The van der Waals surface area contributed by atoms with E-state index in [-0.39, 0.29) is 0 Å². The van der Waals surface area contributed by atoms with Crippen LogP contribution < -0.4 is 5.73 Å². The molecule has 0 atom stereocenters. The van der Waals surface area contributed by atoms with E-state index in [1.807, 2.05) is 36.5 Å². The summed E-state index contributed by atoms with van der Waals surface area (Å²) in [6, 6.07) is 14.1. The van der Waals surface area contributed by atoms with Crippen molar-refractivity contribution in [1.82, 2.24) is 4.98 Å². The maximum Gasteiger partial charge on any atom is 0.0461 e. The highest BCUT2D eigenvalue weighted by Gasteiger charge is 2.08. The Hall–Kier alpha value is -1.74. The van der Waals surface area contributed by atoms with Gasteiger partial charge in [0.2, 0.25) is 0 Å². The van der Waals surface area contributed by atoms with Gasteiger partial charge in [0.15, 0.2) is 0 Å². The number of aromatic nitrogens is 1. The van der Waals surface area contributed by atoms with Crippen molar-refractivity contribution in [3.8, 4) is 11.1 Å². The van der Waals surface area contributed by atoms with Crippen LogP contribution in [-0.2, 0) is 0 Å². The summed E-state index contributed by atoms with van der Waals surface area (Å²) in [5.41, 5.74) is 10.1. The van der Waals surface area contributed by atoms with Gasteiger partial charge in [-0.05, 0) is 24.3 Å². The molecular weight excluding hydrogens is 276 g/mol.